The van der Waals surface area contributed by atoms with Crippen molar-refractivity contribution in [1.29, 1.82) is 5.26 Å². The van der Waals surface area contributed by atoms with Crippen LogP contribution in [0.25, 0.3) is 6.08 Å². The first-order valence-corrected chi connectivity index (χ1v) is 6.58. The Hall–Kier alpha value is -2.74. The molecule has 0 atom stereocenters. The topological polar surface area (TPSA) is 71.0 Å². The lowest BCUT2D eigenvalue weighted by atomic mass is 10.1. The van der Waals surface area contributed by atoms with Crippen LogP contribution in [-0.2, 0) is 18.4 Å². The minimum absolute atomic E-state index is 0.0789. The number of carbonyl (C=O) groups excluding carboxylic acids is 1. The highest BCUT2D eigenvalue weighted by Crippen LogP contribution is 2.16. The predicted octanol–water partition coefficient (Wildman–Crippen LogP) is 2.46. The van der Waals surface area contributed by atoms with Crippen LogP contribution >= 0.6 is 0 Å². The molecule has 0 saturated carbocycles. The van der Waals surface area contributed by atoms with Gasteiger partial charge in [-0.15, -0.1) is 0 Å². The quantitative estimate of drug-likeness (QED) is 0.692. The fraction of sp³-hybridized carbons (Fsp3) is 0.250. The van der Waals surface area contributed by atoms with Gasteiger partial charge in [-0.25, -0.2) is 0 Å². The number of nitrogens with one attached hydrogen (secondary N) is 1. The zero-order valence-electron chi connectivity index (χ0n) is 12.3. The summed E-state index contributed by atoms with van der Waals surface area (Å²) in [6.45, 7) is 4.19. The normalized spacial score (nSPS) is 11.2. The Morgan fingerprint density at radius 3 is 2.81 bits per heavy atom. The largest absolute Gasteiger partial charge is 0.467 e. The second-order valence-electron chi connectivity index (χ2n) is 4.82. The molecule has 0 bridgehead atoms. The molecule has 21 heavy (non-hydrogen) atoms. The Morgan fingerprint density at radius 1 is 1.52 bits per heavy atom. The Bertz CT molecular complexity index is 716. The number of nitrogens with zero attached hydrogens (tertiary/aromatic N) is 2. The Kier molecular flexibility index (Phi) is 4.29. The summed E-state index contributed by atoms with van der Waals surface area (Å²) < 4.78 is 7.15. The summed E-state index contributed by atoms with van der Waals surface area (Å²) in [4.78, 5) is 12.0. The molecule has 0 saturated heterocycles. The van der Waals surface area contributed by atoms with Crippen LogP contribution < -0.4 is 5.32 Å². The Morgan fingerprint density at radius 2 is 2.29 bits per heavy atom. The molecule has 0 aliphatic rings. The molecule has 1 N–H and O–H groups in total. The number of amides is 1. The third kappa shape index (κ3) is 3.23. The number of hydrogen-bond donors (Lipinski definition) is 1. The van der Waals surface area contributed by atoms with E-state index in [-0.39, 0.29) is 12.1 Å². The standard InChI is InChI=1S/C16H17N3O2/c1-11-7-13(12(2)19(11)3)8-14(9-17)16(20)18-10-15-5-4-6-21-15/h4-8H,10H2,1-3H3,(H,18,20)/b14-8+. The molecule has 0 fully saturated rings. The maximum absolute atomic E-state index is 12.0. The van der Waals surface area contributed by atoms with Crippen LogP contribution in [0.3, 0.4) is 0 Å². The van der Waals surface area contributed by atoms with E-state index in [1.165, 1.54) is 0 Å². The molecule has 2 aromatic heterocycles. The molecule has 5 nitrogen and oxygen atoms in total. The van der Waals surface area contributed by atoms with E-state index >= 15 is 0 Å². The second kappa shape index (κ2) is 6.14. The molecular weight excluding hydrogens is 266 g/mol. The summed E-state index contributed by atoms with van der Waals surface area (Å²) in [6.07, 6.45) is 3.15. The van der Waals surface area contributed by atoms with Crippen molar-refractivity contribution in [3.05, 3.63) is 52.7 Å². The first-order valence-electron chi connectivity index (χ1n) is 6.58. The smallest absolute Gasteiger partial charge is 0.262 e. The molecule has 2 aromatic rings. The van der Waals surface area contributed by atoms with E-state index in [0.717, 1.165) is 17.0 Å². The van der Waals surface area contributed by atoms with Crippen LogP contribution in [-0.4, -0.2) is 10.5 Å². The SMILES string of the molecule is Cc1cc(/C=C(\C#N)C(=O)NCc2ccco2)c(C)n1C. The van der Waals surface area contributed by atoms with Gasteiger partial charge in [-0.1, -0.05) is 0 Å². The Balaban J connectivity index is 2.15. The maximum Gasteiger partial charge on any atom is 0.262 e. The van der Waals surface area contributed by atoms with Gasteiger partial charge in [0, 0.05) is 18.4 Å². The summed E-state index contributed by atoms with van der Waals surface area (Å²) in [5.74, 6) is 0.238. The van der Waals surface area contributed by atoms with Gasteiger partial charge in [0.1, 0.15) is 17.4 Å². The molecule has 0 aromatic carbocycles. The molecule has 0 unspecified atom stereocenters. The van der Waals surface area contributed by atoms with Gasteiger partial charge in [0.05, 0.1) is 12.8 Å². The summed E-state index contributed by atoms with van der Waals surface area (Å²) >= 11 is 0. The molecule has 2 rings (SSSR count). The molecular formula is C16H17N3O2. The average molecular weight is 283 g/mol. The molecule has 0 aliphatic heterocycles. The number of hydrogen-bond acceptors (Lipinski definition) is 3. The van der Waals surface area contributed by atoms with E-state index < -0.39 is 5.91 Å². The fourth-order valence-corrected chi connectivity index (χ4v) is 2.01. The molecule has 0 radical (unpaired) electrons. The van der Waals surface area contributed by atoms with Crippen LogP contribution in [0.5, 0.6) is 0 Å². The van der Waals surface area contributed by atoms with Gasteiger partial charge in [0.15, 0.2) is 0 Å². The predicted molar refractivity (Wildman–Crippen MR) is 79.0 cm³/mol. The Labute approximate surface area is 123 Å². The van der Waals surface area contributed by atoms with Crippen molar-refractivity contribution in [2.45, 2.75) is 20.4 Å². The number of aryl methyl sites for hydroxylation is 1. The van der Waals surface area contributed by atoms with E-state index in [1.54, 1.807) is 24.5 Å². The van der Waals surface area contributed by atoms with E-state index in [2.05, 4.69) is 5.32 Å². The van der Waals surface area contributed by atoms with Gasteiger partial charge in [-0.3, -0.25) is 4.79 Å². The van der Waals surface area contributed by atoms with Crippen molar-refractivity contribution in [2.24, 2.45) is 7.05 Å². The highest BCUT2D eigenvalue weighted by molar-refractivity contribution is 6.01. The van der Waals surface area contributed by atoms with E-state index in [9.17, 15) is 10.1 Å². The summed E-state index contributed by atoms with van der Waals surface area (Å²) in [5, 5.41) is 11.8. The number of rotatable bonds is 4. The highest BCUT2D eigenvalue weighted by Gasteiger charge is 2.12. The van der Waals surface area contributed by atoms with Gasteiger partial charge in [0.25, 0.3) is 5.91 Å². The first-order chi connectivity index (χ1) is 10.0. The minimum Gasteiger partial charge on any atom is -0.467 e. The fourth-order valence-electron chi connectivity index (χ4n) is 2.01. The first kappa shape index (κ1) is 14.7. The van der Waals surface area contributed by atoms with Crippen molar-refractivity contribution in [3.8, 4) is 6.07 Å². The van der Waals surface area contributed by atoms with Gasteiger partial charge >= 0.3 is 0 Å². The summed E-state index contributed by atoms with van der Waals surface area (Å²) in [5.41, 5.74) is 3.04. The lowest BCUT2D eigenvalue weighted by Crippen LogP contribution is -2.23. The van der Waals surface area contributed by atoms with Crippen LogP contribution in [0.1, 0.15) is 22.7 Å². The van der Waals surface area contributed by atoms with Crippen molar-refractivity contribution in [1.82, 2.24) is 9.88 Å². The third-order valence-electron chi connectivity index (χ3n) is 3.48. The average Bonchev–Trinajstić information content (AvgIpc) is 3.07. The van der Waals surface area contributed by atoms with Crippen LogP contribution in [0, 0.1) is 25.2 Å². The van der Waals surface area contributed by atoms with Crippen LogP contribution in [0.4, 0.5) is 0 Å². The third-order valence-corrected chi connectivity index (χ3v) is 3.48. The van der Waals surface area contributed by atoms with Crippen molar-refractivity contribution in [3.63, 3.8) is 0 Å². The second-order valence-corrected chi connectivity index (χ2v) is 4.82. The van der Waals surface area contributed by atoms with Crippen LogP contribution in [0.2, 0.25) is 0 Å². The van der Waals surface area contributed by atoms with Gasteiger partial charge in [-0.2, -0.15) is 5.26 Å². The molecule has 5 heteroatoms. The molecule has 2 heterocycles. The molecule has 0 spiro atoms. The number of aromatic nitrogens is 1. The van der Waals surface area contributed by atoms with Crippen molar-refractivity contribution < 1.29 is 9.21 Å². The molecule has 1 amide bonds. The van der Waals surface area contributed by atoms with Gasteiger partial charge in [-0.05, 0) is 43.7 Å². The summed E-state index contributed by atoms with van der Waals surface area (Å²) in [6, 6.07) is 7.41. The molecule has 108 valence electrons. The minimum atomic E-state index is -0.408. The van der Waals surface area contributed by atoms with E-state index in [1.807, 2.05) is 37.6 Å². The van der Waals surface area contributed by atoms with E-state index in [0.29, 0.717) is 5.76 Å². The van der Waals surface area contributed by atoms with Gasteiger partial charge < -0.3 is 14.3 Å². The highest BCUT2D eigenvalue weighted by atomic mass is 16.3. The zero-order chi connectivity index (χ0) is 15.4. The molecule has 0 aliphatic carbocycles. The lowest BCUT2D eigenvalue weighted by molar-refractivity contribution is -0.117. The zero-order valence-corrected chi connectivity index (χ0v) is 12.3. The van der Waals surface area contributed by atoms with Gasteiger partial charge in [0.2, 0.25) is 0 Å². The summed E-state index contributed by atoms with van der Waals surface area (Å²) in [7, 11) is 1.95. The van der Waals surface area contributed by atoms with Crippen molar-refractivity contribution in [2.75, 3.05) is 0 Å². The number of furan rings is 1. The van der Waals surface area contributed by atoms with Crippen LogP contribution in [0.15, 0.2) is 34.5 Å². The monoisotopic (exact) mass is 283 g/mol. The van der Waals surface area contributed by atoms with E-state index in [4.69, 9.17) is 4.42 Å². The van der Waals surface area contributed by atoms with Crippen molar-refractivity contribution >= 4 is 12.0 Å². The lowest BCUT2D eigenvalue weighted by Gasteiger charge is -2.02. The maximum atomic E-state index is 12.0. The number of nitriles is 1. The number of carbonyl (C=O) groups is 1.